The van der Waals surface area contributed by atoms with Gasteiger partial charge in [0.1, 0.15) is 12.0 Å². The average Bonchev–Trinajstić information content (AvgIpc) is 2.28. The maximum absolute atomic E-state index is 10.7. The van der Waals surface area contributed by atoms with E-state index in [0.29, 0.717) is 5.56 Å². The highest BCUT2D eigenvalue weighted by Gasteiger charge is 2.02. The molecule has 2 aromatic carbocycles. The first-order valence-corrected chi connectivity index (χ1v) is 5.53. The van der Waals surface area contributed by atoms with E-state index in [1.54, 1.807) is 24.3 Å². The van der Waals surface area contributed by atoms with Crippen LogP contribution in [0.4, 0.5) is 0 Å². The van der Waals surface area contributed by atoms with Gasteiger partial charge in [-0.25, -0.2) is 0 Å². The van der Waals surface area contributed by atoms with Crippen LogP contribution >= 0.6 is 15.9 Å². The molecule has 0 saturated carbocycles. The third-order valence-corrected chi connectivity index (χ3v) is 2.70. The van der Waals surface area contributed by atoms with Gasteiger partial charge in [0, 0.05) is 10.0 Å². The SMILES string of the molecule is O=Cc1cccc(-c2cc(O)cc(Br)c2)c1. The van der Waals surface area contributed by atoms with Gasteiger partial charge in [-0.15, -0.1) is 0 Å². The van der Waals surface area contributed by atoms with E-state index in [0.717, 1.165) is 21.9 Å². The third-order valence-electron chi connectivity index (χ3n) is 2.24. The quantitative estimate of drug-likeness (QED) is 0.851. The summed E-state index contributed by atoms with van der Waals surface area (Å²) in [4.78, 5) is 10.7. The second kappa shape index (κ2) is 4.49. The molecular weight excluding hydrogens is 268 g/mol. The Balaban J connectivity index is 2.53. The van der Waals surface area contributed by atoms with Crippen molar-refractivity contribution < 1.29 is 9.90 Å². The Bertz CT molecular complexity index is 515. The molecule has 0 aliphatic rings. The minimum atomic E-state index is 0.195. The van der Waals surface area contributed by atoms with Gasteiger partial charge in [0.25, 0.3) is 0 Å². The van der Waals surface area contributed by atoms with Gasteiger partial charge in [0.05, 0.1) is 0 Å². The first-order chi connectivity index (χ1) is 7.69. The summed E-state index contributed by atoms with van der Waals surface area (Å²) >= 11 is 3.32. The molecule has 0 radical (unpaired) electrons. The number of hydrogen-bond donors (Lipinski definition) is 1. The molecule has 0 atom stereocenters. The molecule has 0 bridgehead atoms. The van der Waals surface area contributed by atoms with Crippen molar-refractivity contribution in [2.24, 2.45) is 0 Å². The minimum absolute atomic E-state index is 0.195. The number of carbonyl (C=O) groups is 1. The van der Waals surface area contributed by atoms with Crippen LogP contribution in [-0.4, -0.2) is 11.4 Å². The predicted octanol–water partition coefficient (Wildman–Crippen LogP) is 3.63. The van der Waals surface area contributed by atoms with E-state index in [9.17, 15) is 9.90 Å². The fourth-order valence-electron chi connectivity index (χ4n) is 1.53. The van der Waals surface area contributed by atoms with Crippen molar-refractivity contribution in [2.75, 3.05) is 0 Å². The summed E-state index contributed by atoms with van der Waals surface area (Å²) in [6.07, 6.45) is 0.807. The highest BCUT2D eigenvalue weighted by atomic mass is 79.9. The Hall–Kier alpha value is -1.61. The molecule has 2 nitrogen and oxygen atoms in total. The standard InChI is InChI=1S/C13H9BrO2/c14-12-5-11(6-13(16)7-12)10-3-1-2-9(4-10)8-15/h1-8,16H. The van der Waals surface area contributed by atoms with E-state index in [1.165, 1.54) is 0 Å². The maximum atomic E-state index is 10.7. The summed E-state index contributed by atoms with van der Waals surface area (Å²) in [5.74, 6) is 0.195. The summed E-state index contributed by atoms with van der Waals surface area (Å²) in [7, 11) is 0. The number of phenols is 1. The van der Waals surface area contributed by atoms with Gasteiger partial charge >= 0.3 is 0 Å². The van der Waals surface area contributed by atoms with Crippen LogP contribution in [0.2, 0.25) is 0 Å². The lowest BCUT2D eigenvalue weighted by atomic mass is 10.0. The smallest absolute Gasteiger partial charge is 0.150 e. The van der Waals surface area contributed by atoms with Gasteiger partial charge in [0.15, 0.2) is 0 Å². The zero-order valence-corrected chi connectivity index (χ0v) is 9.94. The Morgan fingerprint density at radius 1 is 1.06 bits per heavy atom. The third kappa shape index (κ3) is 2.31. The Labute approximate surface area is 102 Å². The highest BCUT2D eigenvalue weighted by Crippen LogP contribution is 2.28. The van der Waals surface area contributed by atoms with Crippen LogP contribution in [0, 0.1) is 0 Å². The van der Waals surface area contributed by atoms with E-state index in [-0.39, 0.29) is 5.75 Å². The van der Waals surface area contributed by atoms with Crippen molar-refractivity contribution in [3.63, 3.8) is 0 Å². The van der Waals surface area contributed by atoms with Crippen LogP contribution in [0.5, 0.6) is 5.75 Å². The van der Waals surface area contributed by atoms with Crippen LogP contribution < -0.4 is 0 Å². The zero-order valence-electron chi connectivity index (χ0n) is 8.35. The number of benzene rings is 2. The number of carbonyl (C=O) groups excluding carboxylic acids is 1. The van der Waals surface area contributed by atoms with Crippen LogP contribution in [0.25, 0.3) is 11.1 Å². The first-order valence-electron chi connectivity index (χ1n) is 4.74. The Morgan fingerprint density at radius 3 is 2.56 bits per heavy atom. The number of hydrogen-bond acceptors (Lipinski definition) is 2. The molecule has 16 heavy (non-hydrogen) atoms. The lowest BCUT2D eigenvalue weighted by Crippen LogP contribution is -1.82. The van der Waals surface area contributed by atoms with Crippen molar-refractivity contribution in [2.45, 2.75) is 0 Å². The molecule has 0 heterocycles. The van der Waals surface area contributed by atoms with Gasteiger partial charge in [-0.05, 0) is 35.4 Å². The van der Waals surface area contributed by atoms with Crippen molar-refractivity contribution in [1.29, 1.82) is 0 Å². The number of halogens is 1. The number of aromatic hydroxyl groups is 1. The van der Waals surface area contributed by atoms with E-state index in [1.807, 2.05) is 18.2 Å². The molecule has 1 N–H and O–H groups in total. The van der Waals surface area contributed by atoms with E-state index < -0.39 is 0 Å². The molecule has 0 aliphatic heterocycles. The summed E-state index contributed by atoms with van der Waals surface area (Å²) in [6.45, 7) is 0. The topological polar surface area (TPSA) is 37.3 Å². The average molecular weight is 277 g/mol. The molecule has 0 saturated heterocycles. The van der Waals surface area contributed by atoms with Gasteiger partial charge in [-0.1, -0.05) is 34.1 Å². The van der Waals surface area contributed by atoms with E-state index in [2.05, 4.69) is 15.9 Å². The van der Waals surface area contributed by atoms with E-state index >= 15 is 0 Å². The summed E-state index contributed by atoms with van der Waals surface area (Å²) in [5.41, 5.74) is 2.40. The van der Waals surface area contributed by atoms with E-state index in [4.69, 9.17) is 0 Å². The van der Waals surface area contributed by atoms with Crippen LogP contribution in [-0.2, 0) is 0 Å². The molecule has 0 fully saturated rings. The minimum Gasteiger partial charge on any atom is -0.508 e. The summed E-state index contributed by atoms with van der Waals surface area (Å²) in [6, 6.07) is 12.4. The summed E-state index contributed by atoms with van der Waals surface area (Å²) in [5, 5.41) is 9.48. The van der Waals surface area contributed by atoms with Crippen LogP contribution in [0.15, 0.2) is 46.9 Å². The molecule has 0 unspecified atom stereocenters. The maximum Gasteiger partial charge on any atom is 0.150 e. The normalized spacial score (nSPS) is 10.1. The van der Waals surface area contributed by atoms with Gasteiger partial charge < -0.3 is 5.11 Å². The second-order valence-corrected chi connectivity index (χ2v) is 4.36. The monoisotopic (exact) mass is 276 g/mol. The first kappa shape index (κ1) is 10.9. The summed E-state index contributed by atoms with van der Waals surface area (Å²) < 4.78 is 0.805. The Morgan fingerprint density at radius 2 is 1.88 bits per heavy atom. The molecule has 2 aromatic rings. The highest BCUT2D eigenvalue weighted by molar-refractivity contribution is 9.10. The molecule has 2 rings (SSSR count). The molecule has 3 heteroatoms. The fraction of sp³-hybridized carbons (Fsp3) is 0. The number of aldehydes is 1. The lowest BCUT2D eigenvalue weighted by molar-refractivity contribution is 0.112. The lowest BCUT2D eigenvalue weighted by Gasteiger charge is -2.04. The largest absolute Gasteiger partial charge is 0.508 e. The van der Waals surface area contributed by atoms with Gasteiger partial charge in [0.2, 0.25) is 0 Å². The van der Waals surface area contributed by atoms with Gasteiger partial charge in [-0.2, -0.15) is 0 Å². The van der Waals surface area contributed by atoms with Crippen molar-refractivity contribution >= 4 is 22.2 Å². The van der Waals surface area contributed by atoms with Gasteiger partial charge in [-0.3, -0.25) is 4.79 Å². The molecule has 0 spiro atoms. The number of rotatable bonds is 2. The number of phenolic OH excluding ortho intramolecular Hbond substituents is 1. The van der Waals surface area contributed by atoms with Crippen molar-refractivity contribution in [3.05, 3.63) is 52.5 Å². The molecule has 80 valence electrons. The molecule has 0 aliphatic carbocycles. The van der Waals surface area contributed by atoms with Crippen LogP contribution in [0.1, 0.15) is 10.4 Å². The zero-order chi connectivity index (χ0) is 11.5. The van der Waals surface area contributed by atoms with Crippen LogP contribution in [0.3, 0.4) is 0 Å². The second-order valence-electron chi connectivity index (χ2n) is 3.44. The Kier molecular flexibility index (Phi) is 3.06. The molecular formula is C13H9BrO2. The molecule has 0 aromatic heterocycles. The van der Waals surface area contributed by atoms with Crippen molar-refractivity contribution in [3.8, 4) is 16.9 Å². The predicted molar refractivity (Wildman–Crippen MR) is 66.6 cm³/mol. The molecule has 0 amide bonds. The van der Waals surface area contributed by atoms with Crippen molar-refractivity contribution in [1.82, 2.24) is 0 Å². The fourth-order valence-corrected chi connectivity index (χ4v) is 2.01.